The number of benzene rings is 2. The summed E-state index contributed by atoms with van der Waals surface area (Å²) in [7, 11) is 0. The van der Waals surface area contributed by atoms with E-state index in [1.807, 2.05) is 33.8 Å². The van der Waals surface area contributed by atoms with Gasteiger partial charge in [-0.3, -0.25) is 4.79 Å². The number of aryl methyl sites for hydroxylation is 1. The SMILES string of the molecule is CCOC(=O)c1cc(NC(=O)c2cccc(C)c2)ccc1OC(C)(O)CNC(C)(C)C. The Morgan fingerprint density at radius 2 is 1.77 bits per heavy atom. The number of amides is 1. The third kappa shape index (κ3) is 7.70. The van der Waals surface area contributed by atoms with E-state index in [4.69, 9.17) is 9.47 Å². The first-order chi connectivity index (χ1) is 14.4. The Hall–Kier alpha value is -2.90. The van der Waals surface area contributed by atoms with E-state index < -0.39 is 11.8 Å². The fourth-order valence-corrected chi connectivity index (χ4v) is 2.76. The van der Waals surface area contributed by atoms with Gasteiger partial charge in [-0.2, -0.15) is 0 Å². The molecule has 0 saturated carbocycles. The van der Waals surface area contributed by atoms with Gasteiger partial charge < -0.3 is 25.2 Å². The van der Waals surface area contributed by atoms with Crippen LogP contribution in [0.2, 0.25) is 0 Å². The molecule has 168 valence electrons. The van der Waals surface area contributed by atoms with Crippen LogP contribution >= 0.6 is 0 Å². The Labute approximate surface area is 183 Å². The number of rotatable bonds is 8. The highest BCUT2D eigenvalue weighted by Crippen LogP contribution is 2.27. The molecular formula is C24H32N2O5. The molecule has 2 rings (SSSR count). The van der Waals surface area contributed by atoms with Crippen molar-refractivity contribution < 1.29 is 24.2 Å². The molecule has 31 heavy (non-hydrogen) atoms. The zero-order valence-corrected chi connectivity index (χ0v) is 19.0. The number of anilines is 1. The number of carbonyl (C=O) groups is 2. The molecule has 7 heteroatoms. The van der Waals surface area contributed by atoms with Crippen LogP contribution in [0.15, 0.2) is 42.5 Å². The van der Waals surface area contributed by atoms with Crippen LogP contribution in [-0.2, 0) is 4.74 Å². The molecule has 0 saturated heterocycles. The maximum Gasteiger partial charge on any atom is 0.341 e. The first-order valence-electron chi connectivity index (χ1n) is 10.3. The molecule has 0 aliphatic heterocycles. The van der Waals surface area contributed by atoms with Crippen molar-refractivity contribution in [3.63, 3.8) is 0 Å². The molecule has 2 aromatic rings. The van der Waals surface area contributed by atoms with Crippen LogP contribution < -0.4 is 15.4 Å². The van der Waals surface area contributed by atoms with E-state index in [0.717, 1.165) is 5.56 Å². The van der Waals surface area contributed by atoms with Gasteiger partial charge in [-0.15, -0.1) is 0 Å². The average molecular weight is 429 g/mol. The summed E-state index contributed by atoms with van der Waals surface area (Å²) in [5.74, 6) is -2.31. The predicted octanol–water partition coefficient (Wildman–Crippen LogP) is 3.90. The average Bonchev–Trinajstić information content (AvgIpc) is 2.67. The molecule has 3 N–H and O–H groups in total. The number of esters is 1. The zero-order chi connectivity index (χ0) is 23.2. The summed E-state index contributed by atoms with van der Waals surface area (Å²) in [4.78, 5) is 25.1. The van der Waals surface area contributed by atoms with Crippen LogP contribution in [0.5, 0.6) is 5.75 Å². The van der Waals surface area contributed by atoms with E-state index in [1.54, 1.807) is 31.2 Å². The van der Waals surface area contributed by atoms with Crippen LogP contribution in [0.4, 0.5) is 5.69 Å². The quantitative estimate of drug-likeness (QED) is 0.436. The molecule has 1 amide bonds. The predicted molar refractivity (Wildman–Crippen MR) is 121 cm³/mol. The van der Waals surface area contributed by atoms with Crippen molar-refractivity contribution in [2.45, 2.75) is 52.9 Å². The minimum atomic E-state index is -1.57. The highest BCUT2D eigenvalue weighted by molar-refractivity contribution is 6.05. The summed E-state index contributed by atoms with van der Waals surface area (Å²) in [5, 5.41) is 16.6. The van der Waals surface area contributed by atoms with Gasteiger partial charge in [0.2, 0.25) is 5.79 Å². The van der Waals surface area contributed by atoms with Gasteiger partial charge in [0.15, 0.2) is 0 Å². The summed E-state index contributed by atoms with van der Waals surface area (Å²) >= 11 is 0. The Balaban J connectivity index is 2.27. The maximum absolute atomic E-state index is 12.6. The molecule has 2 aromatic carbocycles. The van der Waals surface area contributed by atoms with Gasteiger partial charge in [-0.1, -0.05) is 17.7 Å². The van der Waals surface area contributed by atoms with Crippen molar-refractivity contribution in [1.82, 2.24) is 5.32 Å². The van der Waals surface area contributed by atoms with E-state index in [2.05, 4.69) is 10.6 Å². The summed E-state index contributed by atoms with van der Waals surface area (Å²) in [5.41, 5.74) is 1.78. The number of ether oxygens (including phenoxy) is 2. The van der Waals surface area contributed by atoms with Gasteiger partial charge in [0, 0.05) is 23.7 Å². The van der Waals surface area contributed by atoms with Gasteiger partial charge >= 0.3 is 5.97 Å². The van der Waals surface area contributed by atoms with Gasteiger partial charge in [-0.05, 0) is 65.0 Å². The van der Waals surface area contributed by atoms with Gasteiger partial charge in [0.1, 0.15) is 11.3 Å². The van der Waals surface area contributed by atoms with Gasteiger partial charge in [-0.25, -0.2) is 4.79 Å². The van der Waals surface area contributed by atoms with Crippen LogP contribution in [0.3, 0.4) is 0 Å². The smallest absolute Gasteiger partial charge is 0.341 e. The van der Waals surface area contributed by atoms with E-state index in [-0.39, 0.29) is 35.9 Å². The van der Waals surface area contributed by atoms with Crippen LogP contribution in [0.1, 0.15) is 60.9 Å². The monoisotopic (exact) mass is 428 g/mol. The standard InChI is InChI=1S/C24H32N2O5/c1-7-30-22(28)19-14-18(26-21(27)17-10-8-9-16(2)13-17)11-12-20(19)31-24(6,29)15-25-23(3,4)5/h8-14,25,29H,7,15H2,1-6H3,(H,26,27). The highest BCUT2D eigenvalue weighted by atomic mass is 16.6. The lowest BCUT2D eigenvalue weighted by atomic mass is 10.1. The lowest BCUT2D eigenvalue weighted by Crippen LogP contribution is -2.49. The number of hydrogen-bond acceptors (Lipinski definition) is 6. The zero-order valence-electron chi connectivity index (χ0n) is 19.0. The molecule has 0 spiro atoms. The van der Waals surface area contributed by atoms with Crippen molar-refractivity contribution >= 4 is 17.6 Å². The molecule has 0 aromatic heterocycles. The third-order valence-electron chi connectivity index (χ3n) is 4.29. The summed E-state index contributed by atoms with van der Waals surface area (Å²) < 4.78 is 10.9. The summed E-state index contributed by atoms with van der Waals surface area (Å²) in [6.07, 6.45) is 0. The molecule has 0 bridgehead atoms. The second-order valence-electron chi connectivity index (χ2n) is 8.64. The summed E-state index contributed by atoms with van der Waals surface area (Å²) in [6, 6.07) is 11.8. The first kappa shape index (κ1) is 24.4. The van der Waals surface area contributed by atoms with E-state index in [0.29, 0.717) is 11.3 Å². The van der Waals surface area contributed by atoms with E-state index in [9.17, 15) is 14.7 Å². The molecule has 0 aliphatic carbocycles. The molecule has 0 heterocycles. The van der Waals surface area contributed by atoms with E-state index >= 15 is 0 Å². The lowest BCUT2D eigenvalue weighted by Gasteiger charge is -2.30. The molecule has 1 atom stereocenters. The van der Waals surface area contributed by atoms with Crippen LogP contribution in [-0.4, -0.2) is 41.5 Å². The van der Waals surface area contributed by atoms with Crippen LogP contribution in [0, 0.1) is 6.92 Å². The molecule has 0 aliphatic rings. The number of β-amino-alcohol motifs (C(OH)–C–C–N with tert-alkyl or cyclic N) is 1. The Bertz CT molecular complexity index is 932. The fourth-order valence-electron chi connectivity index (χ4n) is 2.76. The minimum Gasteiger partial charge on any atom is -0.462 e. The van der Waals surface area contributed by atoms with Crippen molar-refractivity contribution in [2.24, 2.45) is 0 Å². The second kappa shape index (κ2) is 9.94. The minimum absolute atomic E-state index is 0.111. The molecule has 1 unspecified atom stereocenters. The molecular weight excluding hydrogens is 396 g/mol. The van der Waals surface area contributed by atoms with Gasteiger partial charge in [0.05, 0.1) is 13.2 Å². The topological polar surface area (TPSA) is 96.9 Å². The molecule has 7 nitrogen and oxygen atoms in total. The fraction of sp³-hybridized carbons (Fsp3) is 0.417. The Kier molecular flexibility index (Phi) is 7.81. The highest BCUT2D eigenvalue weighted by Gasteiger charge is 2.27. The Morgan fingerprint density at radius 3 is 2.39 bits per heavy atom. The Morgan fingerprint density at radius 1 is 1.06 bits per heavy atom. The van der Waals surface area contributed by atoms with Crippen molar-refractivity contribution in [3.8, 4) is 5.75 Å². The van der Waals surface area contributed by atoms with E-state index in [1.165, 1.54) is 19.1 Å². The van der Waals surface area contributed by atoms with Crippen molar-refractivity contribution in [2.75, 3.05) is 18.5 Å². The van der Waals surface area contributed by atoms with Crippen molar-refractivity contribution in [1.29, 1.82) is 0 Å². The first-order valence-corrected chi connectivity index (χ1v) is 10.3. The number of nitrogens with one attached hydrogen (secondary N) is 2. The number of carbonyl (C=O) groups excluding carboxylic acids is 2. The number of aliphatic hydroxyl groups is 1. The van der Waals surface area contributed by atoms with Gasteiger partial charge in [0.25, 0.3) is 5.91 Å². The third-order valence-corrected chi connectivity index (χ3v) is 4.29. The molecule has 0 fully saturated rings. The van der Waals surface area contributed by atoms with Crippen LogP contribution in [0.25, 0.3) is 0 Å². The normalized spacial score (nSPS) is 13.3. The molecule has 0 radical (unpaired) electrons. The second-order valence-corrected chi connectivity index (χ2v) is 8.64. The summed E-state index contributed by atoms with van der Waals surface area (Å²) in [6.45, 7) is 11.3. The maximum atomic E-state index is 12.6. The van der Waals surface area contributed by atoms with Crippen molar-refractivity contribution in [3.05, 3.63) is 59.2 Å². The number of hydrogen-bond donors (Lipinski definition) is 3. The lowest BCUT2D eigenvalue weighted by molar-refractivity contribution is -0.121. The largest absolute Gasteiger partial charge is 0.462 e.